The molecule has 0 bridgehead atoms. The maximum Gasteiger partial charge on any atom is 0.129 e. The van der Waals surface area contributed by atoms with Gasteiger partial charge in [-0.15, -0.1) is 11.8 Å². The third kappa shape index (κ3) is 4.11. The number of aliphatic hydroxyl groups is 1. The number of nitrogen functional groups attached to an aromatic ring is 1. The van der Waals surface area contributed by atoms with Gasteiger partial charge in [0, 0.05) is 26.9 Å². The summed E-state index contributed by atoms with van der Waals surface area (Å²) >= 11 is 10.8. The van der Waals surface area contributed by atoms with Crippen LogP contribution in [0.25, 0.3) is 0 Å². The number of thioether (sulfide) groups is 1. The lowest BCUT2D eigenvalue weighted by atomic mass is 10.1. The molecular weight excluding hydrogens is 348 g/mol. The van der Waals surface area contributed by atoms with E-state index in [-0.39, 0.29) is 0 Å². The van der Waals surface area contributed by atoms with Crippen LogP contribution >= 0.6 is 39.3 Å². The zero-order valence-electron chi connectivity index (χ0n) is 9.88. The van der Waals surface area contributed by atoms with E-state index in [4.69, 9.17) is 17.3 Å². The molecule has 0 aliphatic heterocycles. The summed E-state index contributed by atoms with van der Waals surface area (Å²) in [5.41, 5.74) is 6.30. The first kappa shape index (κ1) is 14.7. The van der Waals surface area contributed by atoms with Crippen LogP contribution in [0, 0.1) is 0 Å². The summed E-state index contributed by atoms with van der Waals surface area (Å²) in [5, 5.41) is 10.6. The average molecular weight is 360 g/mol. The fourth-order valence-corrected chi connectivity index (χ4v) is 2.82. The number of anilines is 1. The molecule has 2 rings (SSSR count). The van der Waals surface area contributed by atoms with Gasteiger partial charge in [-0.05, 0) is 30.3 Å². The minimum absolute atomic E-state index is 0.313. The molecule has 19 heavy (non-hydrogen) atoms. The largest absolute Gasteiger partial charge is 0.387 e. The number of aromatic nitrogens is 1. The summed E-state index contributed by atoms with van der Waals surface area (Å²) in [6.45, 7) is 0. The number of nitrogens with zero attached hydrogens (tertiary/aromatic N) is 1. The van der Waals surface area contributed by atoms with Crippen LogP contribution < -0.4 is 5.73 Å². The molecule has 3 nitrogen and oxygen atoms in total. The number of benzene rings is 1. The lowest BCUT2D eigenvalue weighted by Gasteiger charge is -2.12. The Hall–Kier alpha value is -0.750. The van der Waals surface area contributed by atoms with Crippen molar-refractivity contribution in [2.24, 2.45) is 0 Å². The van der Waals surface area contributed by atoms with Gasteiger partial charge in [0.2, 0.25) is 0 Å². The molecule has 0 fully saturated rings. The molecule has 0 amide bonds. The van der Waals surface area contributed by atoms with Crippen molar-refractivity contribution in [3.8, 4) is 0 Å². The smallest absolute Gasteiger partial charge is 0.129 e. The highest BCUT2D eigenvalue weighted by Gasteiger charge is 2.13. The van der Waals surface area contributed by atoms with Crippen molar-refractivity contribution in [2.75, 3.05) is 11.5 Å². The van der Waals surface area contributed by atoms with E-state index in [9.17, 15) is 5.11 Å². The predicted octanol–water partition coefficient (Wildman–Crippen LogP) is 3.91. The number of halogens is 2. The van der Waals surface area contributed by atoms with Crippen molar-refractivity contribution in [3.05, 3.63) is 51.6 Å². The fourth-order valence-electron chi connectivity index (χ4n) is 1.53. The van der Waals surface area contributed by atoms with E-state index in [1.807, 2.05) is 24.3 Å². The Morgan fingerprint density at radius 2 is 2.05 bits per heavy atom. The highest BCUT2D eigenvalue weighted by Crippen LogP contribution is 2.28. The average Bonchev–Trinajstić information content (AvgIpc) is 2.40. The van der Waals surface area contributed by atoms with Crippen LogP contribution in [0.3, 0.4) is 0 Å². The van der Waals surface area contributed by atoms with Crippen molar-refractivity contribution in [1.29, 1.82) is 0 Å². The topological polar surface area (TPSA) is 59.1 Å². The monoisotopic (exact) mass is 358 g/mol. The zero-order valence-corrected chi connectivity index (χ0v) is 13.0. The zero-order chi connectivity index (χ0) is 13.8. The van der Waals surface area contributed by atoms with Gasteiger partial charge >= 0.3 is 0 Å². The van der Waals surface area contributed by atoms with Gasteiger partial charge in [-0.25, -0.2) is 4.98 Å². The highest BCUT2D eigenvalue weighted by molar-refractivity contribution is 9.10. The lowest BCUT2D eigenvalue weighted by Crippen LogP contribution is -2.06. The van der Waals surface area contributed by atoms with Crippen molar-refractivity contribution in [2.45, 2.75) is 11.0 Å². The number of hydrogen-bond donors (Lipinski definition) is 2. The van der Waals surface area contributed by atoms with Gasteiger partial charge in [0.1, 0.15) is 5.82 Å². The SMILES string of the molecule is Nc1ncc(Cl)cc1C(O)CSc1ccc(Br)cc1. The summed E-state index contributed by atoms with van der Waals surface area (Å²) in [5.74, 6) is 0.807. The van der Waals surface area contributed by atoms with E-state index < -0.39 is 6.10 Å². The summed E-state index contributed by atoms with van der Waals surface area (Å²) < 4.78 is 1.03. The Morgan fingerprint density at radius 3 is 2.74 bits per heavy atom. The predicted molar refractivity (Wildman–Crippen MR) is 83.5 cm³/mol. The molecule has 100 valence electrons. The number of rotatable bonds is 4. The molecule has 0 saturated heterocycles. The van der Waals surface area contributed by atoms with E-state index in [1.54, 1.807) is 17.8 Å². The summed E-state index contributed by atoms with van der Waals surface area (Å²) in [6, 6.07) is 9.55. The maximum absolute atomic E-state index is 10.1. The summed E-state index contributed by atoms with van der Waals surface area (Å²) in [7, 11) is 0. The molecule has 0 radical (unpaired) electrons. The van der Waals surface area contributed by atoms with Crippen LogP contribution in [0.15, 0.2) is 45.9 Å². The molecule has 0 aliphatic rings. The van der Waals surface area contributed by atoms with Gasteiger partial charge in [0.15, 0.2) is 0 Å². The third-order valence-corrected chi connectivity index (χ3v) is 4.32. The number of pyridine rings is 1. The third-order valence-electron chi connectivity index (χ3n) is 2.50. The van der Waals surface area contributed by atoms with Gasteiger partial charge in [-0.1, -0.05) is 27.5 Å². The molecule has 1 heterocycles. The van der Waals surface area contributed by atoms with Crippen molar-refractivity contribution < 1.29 is 5.11 Å². The molecule has 3 N–H and O–H groups in total. The lowest BCUT2D eigenvalue weighted by molar-refractivity contribution is 0.204. The number of aliphatic hydroxyl groups excluding tert-OH is 1. The van der Waals surface area contributed by atoms with Gasteiger partial charge < -0.3 is 10.8 Å². The Morgan fingerprint density at radius 1 is 1.37 bits per heavy atom. The van der Waals surface area contributed by atoms with Gasteiger partial charge in [0.05, 0.1) is 11.1 Å². The second kappa shape index (κ2) is 6.61. The molecule has 6 heteroatoms. The number of nitrogens with two attached hydrogens (primary N) is 1. The number of hydrogen-bond acceptors (Lipinski definition) is 4. The first-order valence-corrected chi connectivity index (χ1v) is 7.69. The van der Waals surface area contributed by atoms with Crippen molar-refractivity contribution in [3.63, 3.8) is 0 Å². The Labute approximate surface area is 129 Å². The van der Waals surface area contributed by atoms with E-state index in [1.165, 1.54) is 6.20 Å². The molecule has 0 spiro atoms. The van der Waals surface area contributed by atoms with Gasteiger partial charge in [0.25, 0.3) is 0 Å². The quantitative estimate of drug-likeness (QED) is 0.813. The van der Waals surface area contributed by atoms with Gasteiger partial charge in [-0.2, -0.15) is 0 Å². The van der Waals surface area contributed by atoms with Crippen LogP contribution in [0.2, 0.25) is 5.02 Å². The van der Waals surface area contributed by atoms with Crippen molar-refractivity contribution in [1.82, 2.24) is 4.98 Å². The first-order chi connectivity index (χ1) is 9.06. The summed E-state index contributed by atoms with van der Waals surface area (Å²) in [6.07, 6.45) is 0.773. The Balaban J connectivity index is 2.03. The second-order valence-electron chi connectivity index (χ2n) is 3.91. The molecule has 0 saturated carbocycles. The highest BCUT2D eigenvalue weighted by atomic mass is 79.9. The molecule has 2 aromatic rings. The van der Waals surface area contributed by atoms with E-state index in [2.05, 4.69) is 20.9 Å². The van der Waals surface area contributed by atoms with E-state index in [0.29, 0.717) is 22.2 Å². The molecular formula is C13H12BrClN2OS. The Bertz CT molecular complexity index is 565. The second-order valence-corrected chi connectivity index (χ2v) is 6.35. The molecule has 1 aromatic carbocycles. The standard InChI is InChI=1S/C13H12BrClN2OS/c14-8-1-3-10(4-2-8)19-7-12(18)11-5-9(15)6-17-13(11)16/h1-6,12,18H,7H2,(H2,16,17). The minimum atomic E-state index is -0.695. The minimum Gasteiger partial charge on any atom is -0.387 e. The fraction of sp³-hybridized carbons (Fsp3) is 0.154. The summed E-state index contributed by atoms with van der Waals surface area (Å²) in [4.78, 5) is 5.02. The molecule has 1 aromatic heterocycles. The maximum atomic E-state index is 10.1. The molecule has 1 unspecified atom stereocenters. The molecule has 1 atom stereocenters. The van der Waals surface area contributed by atoms with Crippen LogP contribution in [-0.4, -0.2) is 15.8 Å². The van der Waals surface area contributed by atoms with Crippen molar-refractivity contribution >= 4 is 45.1 Å². The molecule has 0 aliphatic carbocycles. The van der Waals surface area contributed by atoms with Gasteiger partial charge in [-0.3, -0.25) is 0 Å². The normalized spacial score (nSPS) is 12.4. The van der Waals surface area contributed by atoms with Crippen LogP contribution in [0.5, 0.6) is 0 Å². The van der Waals surface area contributed by atoms with Crippen LogP contribution in [0.4, 0.5) is 5.82 Å². The van der Waals surface area contributed by atoms with Crippen LogP contribution in [0.1, 0.15) is 11.7 Å². The Kier molecular flexibility index (Phi) is 5.10. The van der Waals surface area contributed by atoms with E-state index >= 15 is 0 Å². The van der Waals surface area contributed by atoms with E-state index in [0.717, 1.165) is 9.37 Å². The first-order valence-electron chi connectivity index (χ1n) is 5.53. The van der Waals surface area contributed by atoms with Crippen LogP contribution in [-0.2, 0) is 0 Å².